The van der Waals surface area contributed by atoms with Gasteiger partial charge >= 0.3 is 12.1 Å². The zero-order valence-electron chi connectivity index (χ0n) is 18.7. The van der Waals surface area contributed by atoms with Gasteiger partial charge in [-0.3, -0.25) is 15.5 Å². The maximum atomic E-state index is 13.1. The van der Waals surface area contributed by atoms with E-state index in [1.807, 2.05) is 65.6 Å². The summed E-state index contributed by atoms with van der Waals surface area (Å²) in [5.41, 5.74) is 2.52. The average molecular weight is 462 g/mol. The number of carbonyl (C=O) groups is 2. The van der Waals surface area contributed by atoms with E-state index in [0.29, 0.717) is 25.8 Å². The van der Waals surface area contributed by atoms with Crippen molar-refractivity contribution in [2.75, 3.05) is 20.0 Å². The van der Waals surface area contributed by atoms with Crippen LogP contribution >= 0.6 is 0 Å². The van der Waals surface area contributed by atoms with Gasteiger partial charge in [0.05, 0.1) is 13.3 Å². The Labute approximate surface area is 198 Å². The van der Waals surface area contributed by atoms with Crippen molar-refractivity contribution in [1.29, 1.82) is 0 Å². The van der Waals surface area contributed by atoms with E-state index >= 15 is 0 Å². The minimum atomic E-state index is -0.792. The lowest BCUT2D eigenvalue weighted by atomic mass is 10.1. The Bertz CT molecular complexity index is 1050. The van der Waals surface area contributed by atoms with Gasteiger partial charge in [0.25, 0.3) is 0 Å². The molecule has 0 saturated carbocycles. The number of esters is 1. The van der Waals surface area contributed by atoms with Crippen molar-refractivity contribution in [1.82, 2.24) is 15.5 Å². The third-order valence-electron chi connectivity index (χ3n) is 5.29. The average Bonchev–Trinajstić information content (AvgIpc) is 2.89. The van der Waals surface area contributed by atoms with Crippen LogP contribution in [0.4, 0.5) is 4.79 Å². The second-order valence-electron chi connectivity index (χ2n) is 7.77. The fourth-order valence-corrected chi connectivity index (χ4v) is 3.59. The van der Waals surface area contributed by atoms with Crippen LogP contribution in [-0.2, 0) is 27.5 Å². The van der Waals surface area contributed by atoms with Crippen LogP contribution in [0.1, 0.15) is 22.7 Å². The molecule has 8 heteroatoms. The second-order valence-corrected chi connectivity index (χ2v) is 7.77. The first-order valence-corrected chi connectivity index (χ1v) is 11.0. The molecule has 1 aliphatic rings. The first-order chi connectivity index (χ1) is 16.7. The van der Waals surface area contributed by atoms with Gasteiger partial charge in [-0.2, -0.15) is 0 Å². The Hall–Kier alpha value is -3.72. The normalized spacial score (nSPS) is 14.7. The van der Waals surface area contributed by atoms with Crippen LogP contribution in [-0.4, -0.2) is 37.0 Å². The fourth-order valence-electron chi connectivity index (χ4n) is 3.59. The number of ether oxygens (including phenoxy) is 3. The molecule has 1 fully saturated rings. The Morgan fingerprint density at radius 3 is 1.91 bits per heavy atom. The molecule has 0 radical (unpaired) electrons. The predicted octanol–water partition coefficient (Wildman–Crippen LogP) is 3.55. The van der Waals surface area contributed by atoms with Crippen molar-refractivity contribution in [3.8, 4) is 5.75 Å². The number of rotatable bonds is 8. The SMILES string of the molecule is O=C(OCc1ccccc1)Oc1ccc(C(C(=O)OCc2ccccc2)N2CNCNC2)cc1. The van der Waals surface area contributed by atoms with Gasteiger partial charge in [0.15, 0.2) is 0 Å². The van der Waals surface area contributed by atoms with E-state index in [-0.39, 0.29) is 19.2 Å². The quantitative estimate of drug-likeness (QED) is 0.389. The summed E-state index contributed by atoms with van der Waals surface area (Å²) in [5, 5.41) is 6.40. The van der Waals surface area contributed by atoms with Crippen LogP contribution in [0.5, 0.6) is 5.75 Å². The van der Waals surface area contributed by atoms with E-state index < -0.39 is 12.2 Å². The van der Waals surface area contributed by atoms with Gasteiger partial charge < -0.3 is 14.2 Å². The van der Waals surface area contributed by atoms with Crippen LogP contribution in [0, 0.1) is 0 Å². The van der Waals surface area contributed by atoms with Crippen molar-refractivity contribution in [2.45, 2.75) is 19.3 Å². The fraction of sp³-hybridized carbons (Fsp3) is 0.231. The number of carbonyl (C=O) groups excluding carboxylic acids is 2. The Morgan fingerprint density at radius 2 is 1.32 bits per heavy atom. The molecule has 0 spiro atoms. The summed E-state index contributed by atoms with van der Waals surface area (Å²) < 4.78 is 16.0. The summed E-state index contributed by atoms with van der Waals surface area (Å²) in [4.78, 5) is 27.1. The first kappa shape index (κ1) is 23.4. The van der Waals surface area contributed by atoms with Gasteiger partial charge in [0.2, 0.25) is 0 Å². The molecule has 0 bridgehead atoms. The van der Waals surface area contributed by atoms with E-state index in [0.717, 1.165) is 16.7 Å². The molecule has 3 aromatic carbocycles. The summed E-state index contributed by atoms with van der Waals surface area (Å²) >= 11 is 0. The molecule has 34 heavy (non-hydrogen) atoms. The summed E-state index contributed by atoms with van der Waals surface area (Å²) in [6.07, 6.45) is -0.792. The molecule has 1 saturated heterocycles. The summed E-state index contributed by atoms with van der Waals surface area (Å²) in [5.74, 6) is -0.0293. The standard InChI is InChI=1S/C26H27N3O5/c30-25(32-15-20-7-3-1-4-8-20)24(29-18-27-17-28-19-29)22-11-13-23(14-12-22)34-26(31)33-16-21-9-5-2-6-10-21/h1-14,24,27-28H,15-19H2. The molecule has 4 rings (SSSR count). The molecule has 1 atom stereocenters. The highest BCUT2D eigenvalue weighted by molar-refractivity contribution is 5.78. The molecule has 0 aromatic heterocycles. The second kappa shape index (κ2) is 11.9. The van der Waals surface area contributed by atoms with Gasteiger partial charge in [-0.15, -0.1) is 0 Å². The minimum Gasteiger partial charge on any atom is -0.459 e. The van der Waals surface area contributed by atoms with Crippen molar-refractivity contribution < 1.29 is 23.8 Å². The number of hydrogen-bond donors (Lipinski definition) is 2. The first-order valence-electron chi connectivity index (χ1n) is 11.0. The molecule has 0 amide bonds. The van der Waals surface area contributed by atoms with Gasteiger partial charge in [0.1, 0.15) is 25.0 Å². The number of nitrogens with zero attached hydrogens (tertiary/aromatic N) is 1. The number of nitrogens with one attached hydrogen (secondary N) is 2. The lowest BCUT2D eigenvalue weighted by molar-refractivity contribution is -0.152. The van der Waals surface area contributed by atoms with E-state index in [2.05, 4.69) is 10.6 Å². The summed E-state index contributed by atoms with van der Waals surface area (Å²) in [6, 6.07) is 25.1. The smallest absolute Gasteiger partial charge is 0.459 e. The highest BCUT2D eigenvalue weighted by Crippen LogP contribution is 2.25. The van der Waals surface area contributed by atoms with Crippen molar-refractivity contribution in [3.05, 3.63) is 102 Å². The minimum absolute atomic E-state index is 0.127. The maximum absolute atomic E-state index is 13.1. The van der Waals surface area contributed by atoms with Crippen LogP contribution in [0.25, 0.3) is 0 Å². The van der Waals surface area contributed by atoms with Crippen LogP contribution in [0.15, 0.2) is 84.9 Å². The molecular weight excluding hydrogens is 434 g/mol. The monoisotopic (exact) mass is 461 g/mol. The van der Waals surface area contributed by atoms with E-state index in [1.54, 1.807) is 24.3 Å². The highest BCUT2D eigenvalue weighted by atomic mass is 16.7. The third-order valence-corrected chi connectivity index (χ3v) is 5.29. The Kier molecular flexibility index (Phi) is 8.23. The van der Waals surface area contributed by atoms with Crippen molar-refractivity contribution in [2.24, 2.45) is 0 Å². The Balaban J connectivity index is 1.39. The number of hydrogen-bond acceptors (Lipinski definition) is 8. The van der Waals surface area contributed by atoms with Crippen LogP contribution in [0.3, 0.4) is 0 Å². The molecule has 0 aliphatic carbocycles. The number of benzene rings is 3. The summed E-state index contributed by atoms with van der Waals surface area (Å²) in [7, 11) is 0. The molecule has 176 valence electrons. The van der Waals surface area contributed by atoms with Crippen molar-refractivity contribution >= 4 is 12.1 Å². The molecule has 8 nitrogen and oxygen atoms in total. The van der Waals surface area contributed by atoms with Crippen LogP contribution in [0.2, 0.25) is 0 Å². The molecule has 1 unspecified atom stereocenters. The van der Waals surface area contributed by atoms with Gasteiger partial charge in [0, 0.05) is 6.67 Å². The molecular formula is C26H27N3O5. The Morgan fingerprint density at radius 1 is 0.765 bits per heavy atom. The summed E-state index contributed by atoms with van der Waals surface area (Å²) in [6.45, 7) is 2.05. The molecule has 2 N–H and O–H groups in total. The lowest BCUT2D eigenvalue weighted by Crippen LogP contribution is -2.53. The zero-order chi connectivity index (χ0) is 23.6. The van der Waals surface area contributed by atoms with Gasteiger partial charge in [-0.1, -0.05) is 72.8 Å². The highest BCUT2D eigenvalue weighted by Gasteiger charge is 2.30. The van der Waals surface area contributed by atoms with E-state index in [4.69, 9.17) is 14.2 Å². The lowest BCUT2D eigenvalue weighted by Gasteiger charge is -2.34. The largest absolute Gasteiger partial charge is 0.514 e. The van der Waals surface area contributed by atoms with Gasteiger partial charge in [-0.05, 0) is 28.8 Å². The maximum Gasteiger partial charge on any atom is 0.514 e. The van der Waals surface area contributed by atoms with Crippen molar-refractivity contribution in [3.63, 3.8) is 0 Å². The molecule has 1 heterocycles. The zero-order valence-corrected chi connectivity index (χ0v) is 18.7. The molecule has 3 aromatic rings. The molecule has 1 aliphatic heterocycles. The van der Waals surface area contributed by atoms with E-state index in [9.17, 15) is 9.59 Å². The van der Waals surface area contributed by atoms with Gasteiger partial charge in [-0.25, -0.2) is 9.59 Å². The van der Waals surface area contributed by atoms with Crippen LogP contribution < -0.4 is 15.4 Å². The predicted molar refractivity (Wildman–Crippen MR) is 125 cm³/mol. The van der Waals surface area contributed by atoms with E-state index in [1.165, 1.54) is 0 Å². The third kappa shape index (κ3) is 6.64. The topological polar surface area (TPSA) is 89.1 Å².